The number of hydrogen-bond acceptors (Lipinski definition) is 6. The third-order valence-electron chi connectivity index (χ3n) is 7.08. The monoisotopic (exact) mass is 456 g/mol. The molecule has 1 spiro atoms. The first-order chi connectivity index (χ1) is 14.3. The Labute approximate surface area is 187 Å². The van der Waals surface area contributed by atoms with Crippen LogP contribution < -0.4 is 20.9 Å². The molecule has 0 aromatic carbocycles. The van der Waals surface area contributed by atoms with Crippen molar-refractivity contribution in [2.24, 2.45) is 11.1 Å². The summed E-state index contributed by atoms with van der Waals surface area (Å²) in [5.41, 5.74) is 6.22. The number of aromatic nitrogens is 2. The van der Waals surface area contributed by atoms with Crippen LogP contribution in [0.2, 0.25) is 0 Å². The summed E-state index contributed by atoms with van der Waals surface area (Å²) in [6.07, 6.45) is 4.26. The highest BCUT2D eigenvalue weighted by Crippen LogP contribution is 2.43. The van der Waals surface area contributed by atoms with E-state index in [-0.39, 0.29) is 34.9 Å². The summed E-state index contributed by atoms with van der Waals surface area (Å²) in [4.78, 5) is 20.3. The van der Waals surface area contributed by atoms with Gasteiger partial charge in [-0.15, -0.1) is 0 Å². The summed E-state index contributed by atoms with van der Waals surface area (Å²) >= 11 is 12.8. The van der Waals surface area contributed by atoms with Crippen LogP contribution in [-0.2, 0) is 4.74 Å². The van der Waals surface area contributed by atoms with Crippen LogP contribution in [0, 0.1) is 12.3 Å². The molecule has 0 bridgehead atoms. The lowest BCUT2D eigenvalue weighted by molar-refractivity contribution is 0.0973. The van der Waals surface area contributed by atoms with E-state index in [0.29, 0.717) is 28.3 Å². The molecule has 0 radical (unpaired) electrons. The Morgan fingerprint density at radius 2 is 2.00 bits per heavy atom. The maximum Gasteiger partial charge on any atom is 0.298 e. The highest BCUT2D eigenvalue weighted by molar-refractivity contribution is 6.39. The van der Waals surface area contributed by atoms with Crippen LogP contribution in [0.25, 0.3) is 0 Å². The molecule has 2 N–H and O–H groups in total. The van der Waals surface area contributed by atoms with Crippen molar-refractivity contribution in [1.29, 1.82) is 0 Å². The highest BCUT2D eigenvalue weighted by Gasteiger charge is 2.48. The van der Waals surface area contributed by atoms with Gasteiger partial charge in [0.25, 0.3) is 5.56 Å². The average Bonchev–Trinajstić information content (AvgIpc) is 3.00. The lowest BCUT2D eigenvalue weighted by atomic mass is 9.73. The number of hydrogen-bond donors (Lipinski definition) is 1. The minimum absolute atomic E-state index is 0.00431. The van der Waals surface area contributed by atoms with Crippen LogP contribution in [-0.4, -0.2) is 48.5 Å². The number of piperidine rings is 1. The van der Waals surface area contributed by atoms with Crippen molar-refractivity contribution in [3.8, 4) is 5.75 Å². The summed E-state index contributed by atoms with van der Waals surface area (Å²) in [5, 5.41) is 1.14. The van der Waals surface area contributed by atoms with Gasteiger partial charge in [-0.3, -0.25) is 9.36 Å². The molecule has 30 heavy (non-hydrogen) atoms. The van der Waals surface area contributed by atoms with Crippen molar-refractivity contribution in [3.05, 3.63) is 26.2 Å². The molecule has 7 nitrogen and oxygen atoms in total. The number of allylic oxidation sites excluding steroid dienone is 2. The Hall–Kier alpha value is -1.28. The van der Waals surface area contributed by atoms with Crippen LogP contribution in [0.15, 0.2) is 14.9 Å². The SMILES string of the molecule is COc1c(N2CCC3(CC2)CO[C@@H](C)[C@H]3N)nc(C)n(C2CCCC(Cl)=C2Cl)c1=O. The van der Waals surface area contributed by atoms with Gasteiger partial charge < -0.3 is 20.1 Å². The van der Waals surface area contributed by atoms with E-state index in [9.17, 15) is 4.79 Å². The molecule has 2 fully saturated rings. The molecule has 4 rings (SSSR count). The van der Waals surface area contributed by atoms with Crippen molar-refractivity contribution < 1.29 is 9.47 Å². The Kier molecular flexibility index (Phi) is 6.10. The first-order valence-corrected chi connectivity index (χ1v) is 11.4. The summed E-state index contributed by atoms with van der Waals surface area (Å²) in [5.74, 6) is 1.46. The van der Waals surface area contributed by atoms with Gasteiger partial charge in [0.1, 0.15) is 5.82 Å². The van der Waals surface area contributed by atoms with Gasteiger partial charge in [-0.25, -0.2) is 4.98 Å². The third kappa shape index (κ3) is 3.53. The number of nitrogens with zero attached hydrogens (tertiary/aromatic N) is 3. The molecule has 166 valence electrons. The van der Waals surface area contributed by atoms with Gasteiger partial charge in [-0.05, 0) is 46.0 Å². The molecular weight excluding hydrogens is 427 g/mol. The van der Waals surface area contributed by atoms with Crippen molar-refractivity contribution in [1.82, 2.24) is 9.55 Å². The summed E-state index contributed by atoms with van der Waals surface area (Å²) in [7, 11) is 1.51. The molecule has 2 saturated heterocycles. The predicted octanol–water partition coefficient (Wildman–Crippen LogP) is 3.31. The second-order valence-electron chi connectivity index (χ2n) is 8.74. The van der Waals surface area contributed by atoms with Gasteiger partial charge in [-0.2, -0.15) is 0 Å². The minimum Gasteiger partial charge on any atom is -0.488 e. The van der Waals surface area contributed by atoms with E-state index >= 15 is 0 Å². The van der Waals surface area contributed by atoms with Crippen LogP contribution in [0.5, 0.6) is 5.75 Å². The number of aryl methyl sites for hydroxylation is 1. The Morgan fingerprint density at radius 1 is 1.30 bits per heavy atom. The lowest BCUT2D eigenvalue weighted by Crippen LogP contribution is -2.51. The van der Waals surface area contributed by atoms with Crippen LogP contribution in [0.4, 0.5) is 5.82 Å². The van der Waals surface area contributed by atoms with Crippen molar-refractivity contribution in [2.75, 3.05) is 31.7 Å². The van der Waals surface area contributed by atoms with Crippen molar-refractivity contribution in [3.63, 3.8) is 0 Å². The van der Waals surface area contributed by atoms with Crippen molar-refractivity contribution in [2.45, 2.75) is 64.1 Å². The molecule has 1 aliphatic carbocycles. The van der Waals surface area contributed by atoms with E-state index < -0.39 is 0 Å². The summed E-state index contributed by atoms with van der Waals surface area (Å²) in [6.45, 7) is 6.08. The van der Waals surface area contributed by atoms with Crippen LogP contribution in [0.3, 0.4) is 0 Å². The van der Waals surface area contributed by atoms with Gasteiger partial charge in [0.15, 0.2) is 5.82 Å². The van der Waals surface area contributed by atoms with Crippen LogP contribution >= 0.6 is 23.2 Å². The summed E-state index contributed by atoms with van der Waals surface area (Å²) in [6, 6.07) is -0.259. The maximum atomic E-state index is 13.4. The zero-order valence-corrected chi connectivity index (χ0v) is 19.3. The molecule has 9 heteroatoms. The highest BCUT2D eigenvalue weighted by atomic mass is 35.5. The second kappa shape index (κ2) is 8.34. The topological polar surface area (TPSA) is 82.6 Å². The molecule has 0 saturated carbocycles. The van der Waals surface area contributed by atoms with Crippen molar-refractivity contribution >= 4 is 29.0 Å². The quantitative estimate of drug-likeness (QED) is 0.750. The van der Waals surface area contributed by atoms with E-state index in [1.807, 2.05) is 13.8 Å². The normalized spacial score (nSPS) is 29.0. The average molecular weight is 457 g/mol. The van der Waals surface area contributed by atoms with E-state index in [1.54, 1.807) is 4.57 Å². The number of ether oxygens (including phenoxy) is 2. The Morgan fingerprint density at radius 3 is 2.60 bits per heavy atom. The Bertz CT molecular complexity index is 908. The van der Waals surface area contributed by atoms with Crippen LogP contribution in [0.1, 0.15) is 50.9 Å². The van der Waals surface area contributed by atoms with Gasteiger partial charge in [0, 0.05) is 29.6 Å². The largest absolute Gasteiger partial charge is 0.488 e. The predicted molar refractivity (Wildman–Crippen MR) is 119 cm³/mol. The number of anilines is 1. The van der Waals surface area contributed by atoms with E-state index in [0.717, 1.165) is 45.2 Å². The molecule has 3 heterocycles. The lowest BCUT2D eigenvalue weighted by Gasteiger charge is -2.42. The van der Waals surface area contributed by atoms with E-state index in [4.69, 9.17) is 43.4 Å². The number of halogens is 2. The fourth-order valence-corrected chi connectivity index (χ4v) is 5.69. The zero-order chi connectivity index (χ0) is 21.6. The van der Waals surface area contributed by atoms with Gasteiger partial charge in [-0.1, -0.05) is 23.2 Å². The minimum atomic E-state index is -0.296. The molecular formula is C21H30Cl2N4O3. The molecule has 1 aromatic rings. The van der Waals surface area contributed by atoms with Gasteiger partial charge in [0.05, 0.1) is 30.9 Å². The van der Waals surface area contributed by atoms with E-state index in [1.165, 1.54) is 7.11 Å². The number of rotatable bonds is 3. The van der Waals surface area contributed by atoms with E-state index in [2.05, 4.69) is 4.90 Å². The maximum absolute atomic E-state index is 13.4. The standard InChI is InChI=1S/C21H30Cl2N4O3/c1-12-18(24)21(11-30-12)7-9-26(10-8-21)19-17(29-3)20(28)27(13(2)25-19)15-6-4-5-14(22)16(15)23/h12,15,18H,4-11,24H2,1-3H3/t12-,15?,18+/m0/s1. The fourth-order valence-electron chi connectivity index (χ4n) is 5.13. The Balaban J connectivity index is 1.65. The first-order valence-electron chi connectivity index (χ1n) is 10.6. The van der Waals surface area contributed by atoms with Gasteiger partial charge >= 0.3 is 0 Å². The molecule has 3 aliphatic rings. The smallest absolute Gasteiger partial charge is 0.298 e. The first kappa shape index (κ1) is 21.9. The summed E-state index contributed by atoms with van der Waals surface area (Å²) < 4.78 is 13.0. The molecule has 2 aliphatic heterocycles. The number of nitrogens with two attached hydrogens (primary N) is 1. The molecule has 1 unspecified atom stereocenters. The number of methoxy groups -OCH3 is 1. The zero-order valence-electron chi connectivity index (χ0n) is 17.8. The van der Waals surface area contributed by atoms with Gasteiger partial charge in [0.2, 0.25) is 5.75 Å². The third-order valence-corrected chi connectivity index (χ3v) is 8.05. The molecule has 3 atom stereocenters. The fraction of sp³-hybridized carbons (Fsp3) is 0.714. The second-order valence-corrected chi connectivity index (χ2v) is 9.61. The molecule has 1 aromatic heterocycles. The molecule has 0 amide bonds.